The number of nitrogens with zero attached hydrogens (tertiary/aromatic N) is 2. The van der Waals surface area contributed by atoms with Crippen LogP contribution < -0.4 is 10.6 Å². The molecule has 1 fully saturated rings. The van der Waals surface area contributed by atoms with Crippen molar-refractivity contribution in [1.29, 1.82) is 0 Å². The number of nitrogen functional groups attached to an aromatic ring is 1. The Balaban J connectivity index is 2.30. The van der Waals surface area contributed by atoms with Crippen molar-refractivity contribution in [2.24, 2.45) is 0 Å². The Labute approximate surface area is 108 Å². The molecule has 0 bridgehead atoms. The highest BCUT2D eigenvalue weighted by Gasteiger charge is 2.31. The van der Waals surface area contributed by atoms with Gasteiger partial charge in [0.05, 0.1) is 11.4 Å². The Morgan fingerprint density at radius 3 is 2.56 bits per heavy atom. The molecule has 18 heavy (non-hydrogen) atoms. The van der Waals surface area contributed by atoms with Crippen LogP contribution in [0.3, 0.4) is 0 Å². The first kappa shape index (κ1) is 13.1. The summed E-state index contributed by atoms with van der Waals surface area (Å²) in [5.74, 6) is -0.232. The minimum Gasteiger partial charge on any atom is -0.397 e. The van der Waals surface area contributed by atoms with Gasteiger partial charge in [-0.05, 0) is 45.5 Å². The topological polar surface area (TPSA) is 32.5 Å². The lowest BCUT2D eigenvalue weighted by Crippen LogP contribution is -2.57. The monoisotopic (exact) mass is 251 g/mol. The molecule has 1 heterocycles. The highest BCUT2D eigenvalue weighted by atomic mass is 19.1. The Morgan fingerprint density at radius 1 is 1.28 bits per heavy atom. The van der Waals surface area contributed by atoms with Crippen LogP contribution >= 0.6 is 0 Å². The molecule has 100 valence electrons. The summed E-state index contributed by atoms with van der Waals surface area (Å²) in [6.07, 6.45) is 0. The number of rotatable bonds is 1. The van der Waals surface area contributed by atoms with Crippen LogP contribution in [0.2, 0.25) is 0 Å². The summed E-state index contributed by atoms with van der Waals surface area (Å²) in [5.41, 5.74) is 8.18. The third-order valence-electron chi connectivity index (χ3n) is 3.97. The van der Waals surface area contributed by atoms with E-state index in [1.165, 1.54) is 6.07 Å². The van der Waals surface area contributed by atoms with Crippen molar-refractivity contribution in [3.63, 3.8) is 0 Å². The van der Waals surface area contributed by atoms with E-state index >= 15 is 0 Å². The minimum absolute atomic E-state index is 0.104. The van der Waals surface area contributed by atoms with Crippen LogP contribution in [0.25, 0.3) is 0 Å². The molecule has 0 spiro atoms. The number of nitrogens with two attached hydrogens (primary N) is 1. The lowest BCUT2D eigenvalue weighted by molar-refractivity contribution is 0.139. The number of likely N-dealkylation sites (N-methyl/N-ethyl adjacent to an activating group) is 1. The average molecular weight is 251 g/mol. The van der Waals surface area contributed by atoms with Crippen molar-refractivity contribution >= 4 is 11.4 Å². The second-order valence-corrected chi connectivity index (χ2v) is 5.82. The Bertz CT molecular complexity index is 457. The highest BCUT2D eigenvalue weighted by Crippen LogP contribution is 2.30. The van der Waals surface area contributed by atoms with Gasteiger partial charge < -0.3 is 10.6 Å². The van der Waals surface area contributed by atoms with Gasteiger partial charge in [-0.3, -0.25) is 4.90 Å². The van der Waals surface area contributed by atoms with Gasteiger partial charge in [0.15, 0.2) is 0 Å². The van der Waals surface area contributed by atoms with Gasteiger partial charge in [0.25, 0.3) is 0 Å². The van der Waals surface area contributed by atoms with E-state index in [1.807, 2.05) is 6.07 Å². The minimum atomic E-state index is -0.232. The predicted molar refractivity (Wildman–Crippen MR) is 74.5 cm³/mol. The van der Waals surface area contributed by atoms with Crippen molar-refractivity contribution in [2.75, 3.05) is 37.3 Å². The molecule has 2 N–H and O–H groups in total. The van der Waals surface area contributed by atoms with E-state index in [2.05, 4.69) is 30.7 Å². The van der Waals surface area contributed by atoms with E-state index in [0.29, 0.717) is 11.3 Å². The first-order valence-corrected chi connectivity index (χ1v) is 6.33. The average Bonchev–Trinajstić information content (AvgIpc) is 2.27. The molecule has 1 aliphatic rings. The van der Waals surface area contributed by atoms with Crippen LogP contribution in [0.4, 0.5) is 15.8 Å². The standard InChI is InChI=1S/C14H22FN3/c1-10-7-13(12(16)8-11(10)15)18-6-5-17(4)14(2,3)9-18/h7-8H,5-6,9,16H2,1-4H3. The number of hydrogen-bond donors (Lipinski definition) is 1. The molecule has 4 heteroatoms. The van der Waals surface area contributed by atoms with Gasteiger partial charge in [-0.1, -0.05) is 0 Å². The third-order valence-corrected chi connectivity index (χ3v) is 3.97. The summed E-state index contributed by atoms with van der Waals surface area (Å²) in [7, 11) is 2.14. The smallest absolute Gasteiger partial charge is 0.128 e. The first-order chi connectivity index (χ1) is 8.31. The molecule has 2 rings (SSSR count). The van der Waals surface area contributed by atoms with Crippen LogP contribution in [0.5, 0.6) is 0 Å². The van der Waals surface area contributed by atoms with Gasteiger partial charge in [-0.2, -0.15) is 0 Å². The van der Waals surface area contributed by atoms with Gasteiger partial charge in [0.2, 0.25) is 0 Å². The van der Waals surface area contributed by atoms with E-state index < -0.39 is 0 Å². The fraction of sp³-hybridized carbons (Fsp3) is 0.571. The first-order valence-electron chi connectivity index (χ1n) is 6.33. The van der Waals surface area contributed by atoms with Crippen molar-refractivity contribution in [3.8, 4) is 0 Å². The Morgan fingerprint density at radius 2 is 1.94 bits per heavy atom. The zero-order chi connectivity index (χ0) is 13.5. The summed E-state index contributed by atoms with van der Waals surface area (Å²) < 4.78 is 13.4. The van der Waals surface area contributed by atoms with E-state index in [1.54, 1.807) is 6.92 Å². The van der Waals surface area contributed by atoms with Crippen molar-refractivity contribution in [3.05, 3.63) is 23.5 Å². The van der Waals surface area contributed by atoms with Crippen LogP contribution in [0, 0.1) is 12.7 Å². The molecule has 0 atom stereocenters. The molecule has 1 aliphatic heterocycles. The summed E-state index contributed by atoms with van der Waals surface area (Å²) in [6.45, 7) is 9.02. The van der Waals surface area contributed by atoms with Gasteiger partial charge in [0, 0.05) is 25.2 Å². The molecule has 0 saturated carbocycles. The fourth-order valence-electron chi connectivity index (χ4n) is 2.40. The van der Waals surface area contributed by atoms with Gasteiger partial charge in [-0.15, -0.1) is 0 Å². The van der Waals surface area contributed by atoms with E-state index in [4.69, 9.17) is 5.73 Å². The van der Waals surface area contributed by atoms with Crippen molar-refractivity contribution in [2.45, 2.75) is 26.3 Å². The number of hydrogen-bond acceptors (Lipinski definition) is 3. The maximum atomic E-state index is 13.4. The fourth-order valence-corrected chi connectivity index (χ4v) is 2.40. The predicted octanol–water partition coefficient (Wildman–Crippen LogP) is 2.25. The second-order valence-electron chi connectivity index (χ2n) is 5.82. The van der Waals surface area contributed by atoms with Crippen LogP contribution in [0.1, 0.15) is 19.4 Å². The number of benzene rings is 1. The molecule has 1 saturated heterocycles. The Kier molecular flexibility index (Phi) is 3.23. The Hall–Kier alpha value is -1.29. The maximum absolute atomic E-state index is 13.4. The largest absolute Gasteiger partial charge is 0.397 e. The summed E-state index contributed by atoms with van der Waals surface area (Å²) in [6, 6.07) is 3.28. The van der Waals surface area contributed by atoms with E-state index in [9.17, 15) is 4.39 Å². The second kappa shape index (κ2) is 4.43. The molecule has 1 aromatic rings. The maximum Gasteiger partial charge on any atom is 0.128 e. The number of anilines is 2. The van der Waals surface area contributed by atoms with Gasteiger partial charge in [0.1, 0.15) is 5.82 Å². The van der Waals surface area contributed by atoms with Gasteiger partial charge in [-0.25, -0.2) is 4.39 Å². The van der Waals surface area contributed by atoms with Crippen molar-refractivity contribution < 1.29 is 4.39 Å². The zero-order valence-corrected chi connectivity index (χ0v) is 11.6. The lowest BCUT2D eigenvalue weighted by atomic mass is 9.98. The lowest BCUT2D eigenvalue weighted by Gasteiger charge is -2.46. The molecule has 0 unspecified atom stereocenters. The SMILES string of the molecule is Cc1cc(N2CCN(C)C(C)(C)C2)c(N)cc1F. The van der Waals surface area contributed by atoms with Crippen molar-refractivity contribution in [1.82, 2.24) is 4.90 Å². The number of halogens is 1. The molecule has 1 aromatic carbocycles. The highest BCUT2D eigenvalue weighted by molar-refractivity contribution is 5.69. The zero-order valence-electron chi connectivity index (χ0n) is 11.6. The molecule has 0 aliphatic carbocycles. The van der Waals surface area contributed by atoms with Gasteiger partial charge >= 0.3 is 0 Å². The van der Waals surface area contributed by atoms with Crippen LogP contribution in [0.15, 0.2) is 12.1 Å². The molecular formula is C14H22FN3. The molecule has 0 aromatic heterocycles. The summed E-state index contributed by atoms with van der Waals surface area (Å²) in [4.78, 5) is 4.60. The normalized spacial score (nSPS) is 20.2. The van der Waals surface area contributed by atoms with E-state index in [0.717, 1.165) is 25.3 Å². The molecule has 0 radical (unpaired) electrons. The quantitative estimate of drug-likeness (QED) is 0.777. The molecular weight excluding hydrogens is 229 g/mol. The molecule has 0 amide bonds. The van der Waals surface area contributed by atoms with E-state index in [-0.39, 0.29) is 11.4 Å². The summed E-state index contributed by atoms with van der Waals surface area (Å²) in [5, 5.41) is 0. The number of piperazine rings is 1. The summed E-state index contributed by atoms with van der Waals surface area (Å²) >= 11 is 0. The van der Waals surface area contributed by atoms with Crippen LogP contribution in [-0.2, 0) is 0 Å². The van der Waals surface area contributed by atoms with Crippen LogP contribution in [-0.4, -0.2) is 37.1 Å². The third kappa shape index (κ3) is 2.29. The number of aryl methyl sites for hydroxylation is 1. The molecule has 3 nitrogen and oxygen atoms in total.